The van der Waals surface area contributed by atoms with Gasteiger partial charge >= 0.3 is 0 Å². The van der Waals surface area contributed by atoms with Gasteiger partial charge in [0.25, 0.3) is 0 Å². The zero-order valence-electron chi connectivity index (χ0n) is 9.63. The van der Waals surface area contributed by atoms with E-state index >= 15 is 0 Å². The molecule has 84 valence electrons. The molecular formula is C8H16O6. The molecule has 0 aromatic heterocycles. The van der Waals surface area contributed by atoms with Crippen LogP contribution < -0.4 is 0 Å². The number of Topliss-reactive ketones (excluding diaryl/α,β-unsaturated/α-hetero) is 1. The third-order valence-electron chi connectivity index (χ3n) is 1.65. The van der Waals surface area contributed by atoms with E-state index in [2.05, 4.69) is 9.47 Å². The molecule has 0 aliphatic rings. The van der Waals surface area contributed by atoms with Crippen molar-refractivity contribution in [3.63, 3.8) is 0 Å². The maximum atomic E-state index is 11.1. The molecule has 6 heteroatoms. The van der Waals surface area contributed by atoms with E-state index in [9.17, 15) is 15.0 Å². The molecule has 0 saturated carbocycles. The smallest absolute Gasteiger partial charge is 0.189 e. The van der Waals surface area contributed by atoms with Crippen LogP contribution in [0.3, 0.4) is 0 Å². The summed E-state index contributed by atoms with van der Waals surface area (Å²) >= 11 is 0. The normalized spacial score (nSPS) is 19.4. The van der Waals surface area contributed by atoms with E-state index < -0.39 is 37.8 Å². The molecule has 0 saturated heterocycles. The van der Waals surface area contributed by atoms with Crippen molar-refractivity contribution in [3.05, 3.63) is 0 Å². The molecule has 3 N–H and O–H groups in total. The number of hydrogen-bond donors (Lipinski definition) is 3. The summed E-state index contributed by atoms with van der Waals surface area (Å²) in [6.45, 7) is -1.19. The Kier molecular flexibility index (Phi) is 4.90. The zero-order chi connectivity index (χ0) is 12.6. The van der Waals surface area contributed by atoms with Gasteiger partial charge in [0, 0.05) is 14.2 Å². The van der Waals surface area contributed by atoms with Crippen LogP contribution >= 0.6 is 0 Å². The lowest BCUT2D eigenvalue weighted by Crippen LogP contribution is -2.46. The van der Waals surface area contributed by atoms with Crippen LogP contribution in [0.2, 0.25) is 0 Å². The second-order valence-electron chi connectivity index (χ2n) is 2.64. The summed E-state index contributed by atoms with van der Waals surface area (Å²) in [4.78, 5) is 11.1. The maximum Gasteiger partial charge on any atom is 0.189 e. The Bertz CT molecular complexity index is 203. The standard InChI is InChI=1S/C8H16O6/c1-13-4-6(11)7(12)8(14-2)5(10)3-9/h6-9,11-12H,3-4H2,1-2H3/t6-,7-,8-/m1/s1/i1D,2D. The average Bonchev–Trinajstić information content (AvgIpc) is 2.31. The van der Waals surface area contributed by atoms with Gasteiger partial charge in [0.15, 0.2) is 5.78 Å². The van der Waals surface area contributed by atoms with Gasteiger partial charge in [0.1, 0.15) is 24.9 Å². The van der Waals surface area contributed by atoms with Crippen molar-refractivity contribution in [1.29, 1.82) is 0 Å². The highest BCUT2D eigenvalue weighted by Crippen LogP contribution is 2.05. The summed E-state index contributed by atoms with van der Waals surface area (Å²) < 4.78 is 22.6. The second kappa shape index (κ2) is 6.86. The molecule has 0 spiro atoms. The highest BCUT2D eigenvalue weighted by Gasteiger charge is 2.31. The highest BCUT2D eigenvalue weighted by molar-refractivity contribution is 5.84. The molecule has 0 radical (unpaired) electrons. The number of carbonyl (C=O) groups excluding carboxylic acids is 1. The zero-order valence-corrected chi connectivity index (χ0v) is 7.63. The summed E-state index contributed by atoms with van der Waals surface area (Å²) in [6.07, 6.45) is -4.49. The van der Waals surface area contributed by atoms with Crippen LogP contribution in [0, 0.1) is 0 Å². The van der Waals surface area contributed by atoms with Crippen LogP contribution in [-0.4, -0.2) is 66.8 Å². The second-order valence-corrected chi connectivity index (χ2v) is 2.64. The van der Waals surface area contributed by atoms with Gasteiger partial charge in [-0.15, -0.1) is 0 Å². The van der Waals surface area contributed by atoms with Crippen LogP contribution in [0.4, 0.5) is 0 Å². The Morgan fingerprint density at radius 1 is 1.50 bits per heavy atom. The van der Waals surface area contributed by atoms with Crippen molar-refractivity contribution in [2.24, 2.45) is 0 Å². The number of rotatable bonds is 7. The lowest BCUT2D eigenvalue weighted by Gasteiger charge is -2.23. The minimum absolute atomic E-state index is 0.332. The van der Waals surface area contributed by atoms with E-state index in [0.29, 0.717) is 0 Å². The molecule has 0 fully saturated rings. The summed E-state index contributed by atoms with van der Waals surface area (Å²) in [6, 6.07) is 0. The molecule has 0 aliphatic carbocycles. The first-order valence-corrected chi connectivity index (χ1v) is 3.86. The quantitative estimate of drug-likeness (QED) is 0.447. The van der Waals surface area contributed by atoms with Gasteiger partial charge in [-0.25, -0.2) is 0 Å². The average molecular weight is 210 g/mol. The third kappa shape index (κ3) is 3.69. The fourth-order valence-corrected chi connectivity index (χ4v) is 0.893. The Labute approximate surface area is 84.9 Å². The Morgan fingerprint density at radius 2 is 2.21 bits per heavy atom. The Hall–Kier alpha value is -0.530. The van der Waals surface area contributed by atoms with Gasteiger partial charge in [-0.05, 0) is 0 Å². The van der Waals surface area contributed by atoms with E-state index in [1.807, 2.05) is 0 Å². The van der Waals surface area contributed by atoms with Crippen LogP contribution in [0.25, 0.3) is 0 Å². The molecule has 14 heavy (non-hydrogen) atoms. The van der Waals surface area contributed by atoms with Crippen LogP contribution in [0.1, 0.15) is 2.74 Å². The topological polar surface area (TPSA) is 96.2 Å². The summed E-state index contributed by atoms with van der Waals surface area (Å²) in [5, 5.41) is 27.5. The molecular weight excluding hydrogens is 192 g/mol. The summed E-state index contributed by atoms with van der Waals surface area (Å²) in [7, 11) is -0.971. The first kappa shape index (κ1) is 10.0. The van der Waals surface area contributed by atoms with E-state index in [0.717, 1.165) is 0 Å². The largest absolute Gasteiger partial charge is 0.388 e. The van der Waals surface area contributed by atoms with E-state index in [4.69, 9.17) is 7.85 Å². The van der Waals surface area contributed by atoms with Crippen molar-refractivity contribution >= 4 is 5.78 Å². The van der Waals surface area contributed by atoms with Crippen molar-refractivity contribution in [1.82, 2.24) is 0 Å². The molecule has 0 aromatic carbocycles. The number of carbonyl (C=O) groups is 1. The van der Waals surface area contributed by atoms with Crippen LogP contribution in [0.15, 0.2) is 0 Å². The number of aliphatic hydroxyl groups is 3. The first-order valence-electron chi connectivity index (χ1n) is 5.27. The van der Waals surface area contributed by atoms with Crippen molar-refractivity contribution in [3.8, 4) is 0 Å². The molecule has 6 nitrogen and oxygen atoms in total. The summed E-state index contributed by atoms with van der Waals surface area (Å²) in [5.74, 6) is -0.829. The number of ketones is 1. The molecule has 0 amide bonds. The third-order valence-corrected chi connectivity index (χ3v) is 1.65. The fourth-order valence-electron chi connectivity index (χ4n) is 0.893. The number of hydrogen-bond acceptors (Lipinski definition) is 6. The summed E-state index contributed by atoms with van der Waals surface area (Å²) in [5.41, 5.74) is 0. The van der Waals surface area contributed by atoms with Gasteiger partial charge in [-0.1, -0.05) is 0 Å². The van der Waals surface area contributed by atoms with Gasteiger partial charge < -0.3 is 24.8 Å². The van der Waals surface area contributed by atoms with Crippen molar-refractivity contribution < 1.29 is 32.3 Å². The van der Waals surface area contributed by atoms with E-state index in [1.165, 1.54) is 0 Å². The molecule has 0 bridgehead atoms. The minimum Gasteiger partial charge on any atom is -0.388 e. The van der Waals surface area contributed by atoms with E-state index in [1.54, 1.807) is 0 Å². The van der Waals surface area contributed by atoms with Gasteiger partial charge in [0.05, 0.1) is 9.35 Å². The molecule has 3 atom stereocenters. The fraction of sp³-hybridized carbons (Fsp3) is 0.875. The van der Waals surface area contributed by atoms with Gasteiger partial charge in [0.2, 0.25) is 0 Å². The molecule has 0 aromatic rings. The number of ether oxygens (including phenoxy) is 2. The minimum atomic E-state index is -1.60. The molecule has 0 aliphatic heterocycles. The van der Waals surface area contributed by atoms with Crippen LogP contribution in [-0.2, 0) is 14.3 Å². The predicted molar refractivity (Wildman–Crippen MR) is 46.8 cm³/mol. The van der Waals surface area contributed by atoms with E-state index in [-0.39, 0.29) is 13.7 Å². The predicted octanol–water partition coefficient (Wildman–Crippen LogP) is -2.07. The van der Waals surface area contributed by atoms with Crippen molar-refractivity contribution in [2.75, 3.05) is 27.4 Å². The number of aliphatic hydroxyl groups excluding tert-OH is 3. The lowest BCUT2D eigenvalue weighted by atomic mass is 10.1. The maximum absolute atomic E-state index is 11.1. The number of methoxy groups -OCH3 is 2. The SMILES string of the molecule is [2H]COC[C@@H](O)[C@@H](O)[C@H](OC[2H])C(=O)CO. The molecule has 0 heterocycles. The monoisotopic (exact) mass is 210 g/mol. The molecule has 0 rings (SSSR count). The Morgan fingerprint density at radius 3 is 2.71 bits per heavy atom. The molecule has 0 unspecified atom stereocenters. The van der Waals surface area contributed by atoms with Gasteiger partial charge in [-0.2, -0.15) is 0 Å². The van der Waals surface area contributed by atoms with Gasteiger partial charge in [-0.3, -0.25) is 4.79 Å². The highest BCUT2D eigenvalue weighted by atomic mass is 16.5. The Balaban J connectivity index is 4.34. The van der Waals surface area contributed by atoms with Crippen molar-refractivity contribution in [2.45, 2.75) is 18.3 Å². The van der Waals surface area contributed by atoms with Crippen LogP contribution in [0.5, 0.6) is 0 Å². The first-order chi connectivity index (χ1) is 7.58. The lowest BCUT2D eigenvalue weighted by molar-refractivity contribution is -0.147.